The Hall–Kier alpha value is -1.09. The highest BCUT2D eigenvalue weighted by molar-refractivity contribution is 5.28. The van der Waals surface area contributed by atoms with Crippen LogP contribution < -0.4 is 5.32 Å². The van der Waals surface area contributed by atoms with Crippen LogP contribution in [0.4, 0.5) is 4.39 Å². The van der Waals surface area contributed by atoms with Gasteiger partial charge in [0, 0.05) is 0 Å². The molecule has 3 heteroatoms. The Kier molecular flexibility index (Phi) is 3.78. The number of piperidine rings is 1. The van der Waals surface area contributed by atoms with E-state index < -0.39 is 6.17 Å². The van der Waals surface area contributed by atoms with Gasteiger partial charge in [-0.15, -0.1) is 0 Å². The van der Waals surface area contributed by atoms with E-state index in [1.165, 1.54) is 6.07 Å². The number of phenolic OH excluding ortho intramolecular Hbond substituents is 1. The van der Waals surface area contributed by atoms with Gasteiger partial charge in [-0.25, -0.2) is 4.39 Å². The summed E-state index contributed by atoms with van der Waals surface area (Å²) >= 11 is 0. The van der Waals surface area contributed by atoms with Crippen molar-refractivity contribution in [1.82, 2.24) is 5.32 Å². The maximum absolute atomic E-state index is 14.0. The molecule has 1 heterocycles. The van der Waals surface area contributed by atoms with Gasteiger partial charge in [-0.2, -0.15) is 0 Å². The first-order chi connectivity index (χ1) is 7.75. The fraction of sp³-hybridized carbons (Fsp3) is 0.538. The van der Waals surface area contributed by atoms with E-state index in [1.54, 1.807) is 18.2 Å². The third-order valence-electron chi connectivity index (χ3n) is 3.17. The van der Waals surface area contributed by atoms with E-state index in [1.807, 2.05) is 0 Å². The van der Waals surface area contributed by atoms with Crippen LogP contribution in [0, 0.1) is 5.92 Å². The Morgan fingerprint density at radius 1 is 1.50 bits per heavy atom. The fourth-order valence-corrected chi connectivity index (χ4v) is 2.27. The van der Waals surface area contributed by atoms with Crippen molar-refractivity contribution in [1.29, 1.82) is 0 Å². The monoisotopic (exact) mass is 223 g/mol. The second-order valence-corrected chi connectivity index (χ2v) is 4.51. The number of aromatic hydroxyl groups is 1. The van der Waals surface area contributed by atoms with Gasteiger partial charge in [-0.1, -0.05) is 12.1 Å². The van der Waals surface area contributed by atoms with Gasteiger partial charge in [0.25, 0.3) is 0 Å². The van der Waals surface area contributed by atoms with Crippen molar-refractivity contribution in [2.24, 2.45) is 5.92 Å². The van der Waals surface area contributed by atoms with Crippen LogP contribution in [0.2, 0.25) is 0 Å². The third kappa shape index (κ3) is 2.95. The molecule has 1 aromatic carbocycles. The number of nitrogens with one attached hydrogen (secondary N) is 1. The minimum atomic E-state index is -0.961. The number of halogens is 1. The van der Waals surface area contributed by atoms with Crippen molar-refractivity contribution in [2.45, 2.75) is 25.4 Å². The number of alkyl halides is 1. The van der Waals surface area contributed by atoms with Crippen LogP contribution in [0.3, 0.4) is 0 Å². The van der Waals surface area contributed by atoms with E-state index in [-0.39, 0.29) is 5.75 Å². The normalized spacial score (nSPS) is 22.9. The average Bonchev–Trinajstić information content (AvgIpc) is 2.30. The van der Waals surface area contributed by atoms with Crippen LogP contribution in [-0.2, 0) is 0 Å². The molecule has 1 fully saturated rings. The minimum absolute atomic E-state index is 0.141. The molecule has 0 aliphatic carbocycles. The summed E-state index contributed by atoms with van der Waals surface area (Å²) in [6, 6.07) is 6.51. The molecule has 1 aliphatic rings. The van der Waals surface area contributed by atoms with Crippen LogP contribution >= 0.6 is 0 Å². The van der Waals surface area contributed by atoms with Crippen molar-refractivity contribution in [3.63, 3.8) is 0 Å². The Balaban J connectivity index is 1.94. The highest BCUT2D eigenvalue weighted by atomic mass is 19.1. The molecule has 0 saturated carbocycles. The molecule has 0 radical (unpaired) electrons. The molecular formula is C13H18FNO. The number of hydrogen-bond acceptors (Lipinski definition) is 2. The molecule has 0 spiro atoms. The van der Waals surface area contributed by atoms with E-state index in [9.17, 15) is 9.50 Å². The van der Waals surface area contributed by atoms with Gasteiger partial charge in [0.1, 0.15) is 11.9 Å². The summed E-state index contributed by atoms with van der Waals surface area (Å²) in [6.45, 7) is 1.97. The lowest BCUT2D eigenvalue weighted by atomic mass is 9.91. The molecule has 16 heavy (non-hydrogen) atoms. The highest BCUT2D eigenvalue weighted by Crippen LogP contribution is 2.29. The van der Waals surface area contributed by atoms with Crippen LogP contribution in [0.15, 0.2) is 24.3 Å². The average molecular weight is 223 g/mol. The quantitative estimate of drug-likeness (QED) is 0.825. The maximum atomic E-state index is 14.0. The van der Waals surface area contributed by atoms with E-state index in [0.717, 1.165) is 25.9 Å². The second-order valence-electron chi connectivity index (χ2n) is 4.51. The van der Waals surface area contributed by atoms with Gasteiger partial charge >= 0.3 is 0 Å². The molecule has 0 bridgehead atoms. The zero-order valence-corrected chi connectivity index (χ0v) is 9.32. The van der Waals surface area contributed by atoms with Gasteiger partial charge in [-0.3, -0.25) is 0 Å². The summed E-state index contributed by atoms with van der Waals surface area (Å²) < 4.78 is 14.0. The first-order valence-corrected chi connectivity index (χ1v) is 5.89. The summed E-state index contributed by atoms with van der Waals surface area (Å²) in [5, 5.41) is 12.6. The SMILES string of the molecule is Oc1cccc(C(F)CC2CCCNC2)c1. The van der Waals surface area contributed by atoms with Gasteiger partial charge in [0.15, 0.2) is 0 Å². The van der Waals surface area contributed by atoms with Crippen LogP contribution in [0.1, 0.15) is 31.0 Å². The number of benzene rings is 1. The maximum Gasteiger partial charge on any atom is 0.126 e. The van der Waals surface area contributed by atoms with E-state index in [0.29, 0.717) is 17.9 Å². The zero-order chi connectivity index (χ0) is 11.4. The summed E-state index contributed by atoms with van der Waals surface area (Å²) in [7, 11) is 0. The molecule has 0 amide bonds. The predicted octanol–water partition coefficient (Wildman–Crippen LogP) is 2.79. The summed E-state index contributed by atoms with van der Waals surface area (Å²) in [6.07, 6.45) is 1.83. The first-order valence-electron chi connectivity index (χ1n) is 5.89. The van der Waals surface area contributed by atoms with Gasteiger partial charge < -0.3 is 10.4 Å². The molecule has 2 N–H and O–H groups in total. The molecule has 1 saturated heterocycles. The van der Waals surface area contributed by atoms with Gasteiger partial charge in [0.2, 0.25) is 0 Å². The van der Waals surface area contributed by atoms with E-state index in [2.05, 4.69) is 5.32 Å². The lowest BCUT2D eigenvalue weighted by Crippen LogP contribution is -2.30. The smallest absolute Gasteiger partial charge is 0.126 e. The molecule has 2 nitrogen and oxygen atoms in total. The van der Waals surface area contributed by atoms with Crippen molar-refractivity contribution < 1.29 is 9.50 Å². The molecule has 1 aliphatic heterocycles. The van der Waals surface area contributed by atoms with Crippen molar-refractivity contribution >= 4 is 0 Å². The Morgan fingerprint density at radius 2 is 2.38 bits per heavy atom. The largest absolute Gasteiger partial charge is 0.508 e. The van der Waals surface area contributed by atoms with Gasteiger partial charge in [0.05, 0.1) is 0 Å². The standard InChI is InChI=1S/C13H18FNO/c14-13(7-10-3-2-6-15-9-10)11-4-1-5-12(16)8-11/h1,4-5,8,10,13,15-16H,2-3,6-7,9H2. The molecule has 2 atom stereocenters. The Morgan fingerprint density at radius 3 is 3.06 bits per heavy atom. The number of rotatable bonds is 3. The molecule has 1 aromatic rings. The lowest BCUT2D eigenvalue weighted by Gasteiger charge is -2.24. The van der Waals surface area contributed by atoms with Crippen molar-refractivity contribution in [3.05, 3.63) is 29.8 Å². The second kappa shape index (κ2) is 5.30. The topological polar surface area (TPSA) is 32.3 Å². The fourth-order valence-electron chi connectivity index (χ4n) is 2.27. The van der Waals surface area contributed by atoms with E-state index in [4.69, 9.17) is 0 Å². The predicted molar refractivity (Wildman–Crippen MR) is 62.2 cm³/mol. The third-order valence-corrected chi connectivity index (χ3v) is 3.17. The highest BCUT2D eigenvalue weighted by Gasteiger charge is 2.19. The zero-order valence-electron chi connectivity index (χ0n) is 9.32. The summed E-state index contributed by atoms with van der Waals surface area (Å²) in [4.78, 5) is 0. The molecular weight excluding hydrogens is 205 g/mol. The number of phenols is 1. The molecule has 0 aromatic heterocycles. The van der Waals surface area contributed by atoms with Gasteiger partial charge in [-0.05, 0) is 56.0 Å². The van der Waals surface area contributed by atoms with Crippen LogP contribution in [0.5, 0.6) is 5.75 Å². The Labute approximate surface area is 95.5 Å². The minimum Gasteiger partial charge on any atom is -0.508 e. The Bertz CT molecular complexity index is 336. The summed E-state index contributed by atoms with van der Waals surface area (Å²) in [5.74, 6) is 0.563. The van der Waals surface area contributed by atoms with Crippen molar-refractivity contribution in [3.8, 4) is 5.75 Å². The molecule has 2 rings (SSSR count). The first kappa shape index (κ1) is 11.4. The number of hydrogen-bond donors (Lipinski definition) is 2. The van der Waals surface area contributed by atoms with E-state index >= 15 is 0 Å². The van der Waals surface area contributed by atoms with Crippen LogP contribution in [-0.4, -0.2) is 18.2 Å². The summed E-state index contributed by atoms with van der Waals surface area (Å²) in [5.41, 5.74) is 0.588. The van der Waals surface area contributed by atoms with Crippen molar-refractivity contribution in [2.75, 3.05) is 13.1 Å². The molecule has 2 unspecified atom stereocenters. The molecule has 88 valence electrons. The lowest BCUT2D eigenvalue weighted by molar-refractivity contribution is 0.242. The van der Waals surface area contributed by atoms with Crippen LogP contribution in [0.25, 0.3) is 0 Å².